The minimum absolute atomic E-state index is 0.0245. The summed E-state index contributed by atoms with van der Waals surface area (Å²) < 4.78 is 42.4. The highest BCUT2D eigenvalue weighted by atomic mass is 32.2. The van der Waals surface area contributed by atoms with Crippen LogP contribution in [0.15, 0.2) is 56.4 Å². The van der Waals surface area contributed by atoms with Crippen molar-refractivity contribution in [2.24, 2.45) is 0 Å². The van der Waals surface area contributed by atoms with E-state index in [2.05, 4.69) is 14.9 Å². The molecule has 0 saturated carbocycles. The van der Waals surface area contributed by atoms with Crippen LogP contribution in [0.4, 0.5) is 0 Å². The zero-order valence-electron chi connectivity index (χ0n) is 14.6. The maximum absolute atomic E-state index is 12.2. The fraction of sp³-hybridized carbons (Fsp3) is 0.235. The van der Waals surface area contributed by atoms with Crippen LogP contribution in [0.5, 0.6) is 0 Å². The third kappa shape index (κ3) is 4.60. The van der Waals surface area contributed by atoms with Crippen LogP contribution >= 0.6 is 0 Å². The molecule has 0 radical (unpaired) electrons. The molecule has 1 N–H and O–H groups in total. The molecular formula is C17H17N3O6S. The van der Waals surface area contributed by atoms with Crippen molar-refractivity contribution in [1.82, 2.24) is 14.9 Å². The van der Waals surface area contributed by atoms with Crippen LogP contribution in [0.3, 0.4) is 0 Å². The number of rotatable bonds is 7. The maximum Gasteiger partial charge on any atom is 0.338 e. The summed E-state index contributed by atoms with van der Waals surface area (Å²) in [6.07, 6.45) is 1.47. The highest BCUT2D eigenvalue weighted by Gasteiger charge is 2.18. The minimum atomic E-state index is -3.71. The van der Waals surface area contributed by atoms with E-state index in [-0.39, 0.29) is 34.9 Å². The van der Waals surface area contributed by atoms with Gasteiger partial charge in [0.1, 0.15) is 0 Å². The van der Waals surface area contributed by atoms with E-state index < -0.39 is 16.0 Å². The number of nitrogens with one attached hydrogen (secondary N) is 1. The Morgan fingerprint density at radius 1 is 1.22 bits per heavy atom. The molecule has 0 bridgehead atoms. The molecule has 2 heterocycles. The Bertz CT molecular complexity index is 1020. The van der Waals surface area contributed by atoms with Gasteiger partial charge in [0.2, 0.25) is 10.0 Å². The summed E-state index contributed by atoms with van der Waals surface area (Å²) in [4.78, 5) is 12.2. The first-order chi connectivity index (χ1) is 12.8. The molecule has 3 rings (SSSR count). The predicted molar refractivity (Wildman–Crippen MR) is 93.0 cm³/mol. The number of sulfonamides is 1. The molecule has 2 aromatic heterocycles. The minimum Gasteiger partial charge on any atom is -0.459 e. The molecule has 142 valence electrons. The molecule has 0 fully saturated rings. The molecule has 10 heteroatoms. The van der Waals surface area contributed by atoms with Gasteiger partial charge in [-0.2, -0.15) is 0 Å². The van der Waals surface area contributed by atoms with Crippen LogP contribution in [-0.2, 0) is 21.4 Å². The van der Waals surface area contributed by atoms with Crippen LogP contribution < -0.4 is 4.72 Å². The van der Waals surface area contributed by atoms with E-state index >= 15 is 0 Å². The second-order valence-corrected chi connectivity index (χ2v) is 7.57. The van der Waals surface area contributed by atoms with E-state index in [1.165, 1.54) is 30.5 Å². The summed E-state index contributed by atoms with van der Waals surface area (Å²) in [6, 6.07) is 8.62. The van der Waals surface area contributed by atoms with Crippen molar-refractivity contribution in [1.29, 1.82) is 0 Å². The molecule has 0 aliphatic heterocycles. The fourth-order valence-electron chi connectivity index (χ4n) is 2.19. The first-order valence-corrected chi connectivity index (χ1v) is 9.49. The Balaban J connectivity index is 1.67. The van der Waals surface area contributed by atoms with Crippen LogP contribution in [0, 0.1) is 0 Å². The molecular weight excluding hydrogens is 374 g/mol. The summed E-state index contributed by atoms with van der Waals surface area (Å²) in [5, 5.41) is 7.56. The van der Waals surface area contributed by atoms with Crippen molar-refractivity contribution >= 4 is 16.0 Å². The van der Waals surface area contributed by atoms with Crippen LogP contribution in [-0.4, -0.2) is 30.6 Å². The molecule has 1 aromatic carbocycles. The monoisotopic (exact) mass is 391 g/mol. The quantitative estimate of drug-likeness (QED) is 0.609. The molecule has 3 aromatic rings. The summed E-state index contributed by atoms with van der Waals surface area (Å²) in [5.74, 6) is -0.0658. The zero-order chi connectivity index (χ0) is 19.4. The van der Waals surface area contributed by atoms with Crippen LogP contribution in [0.25, 0.3) is 11.7 Å². The molecule has 0 unspecified atom stereocenters. The molecule has 0 atom stereocenters. The summed E-state index contributed by atoms with van der Waals surface area (Å²) in [7, 11) is -3.71. The van der Waals surface area contributed by atoms with Crippen molar-refractivity contribution in [3.8, 4) is 11.7 Å². The number of nitrogens with zero attached hydrogens (tertiary/aromatic N) is 2. The highest BCUT2D eigenvalue weighted by molar-refractivity contribution is 7.89. The summed E-state index contributed by atoms with van der Waals surface area (Å²) in [6.45, 7) is 3.15. The van der Waals surface area contributed by atoms with Gasteiger partial charge in [-0.1, -0.05) is 6.07 Å². The summed E-state index contributed by atoms with van der Waals surface area (Å²) >= 11 is 0. The van der Waals surface area contributed by atoms with E-state index in [4.69, 9.17) is 13.6 Å². The Kier molecular flexibility index (Phi) is 5.38. The number of aromatic nitrogens is 2. The Hall–Kier alpha value is -2.98. The van der Waals surface area contributed by atoms with Gasteiger partial charge in [-0.05, 0) is 44.2 Å². The standard InChI is InChI=1S/C17H17N3O6S/c1-11(2)20-27(22,23)13-6-3-5-12(9-13)17(21)25-10-15-18-19-16(26-15)14-7-4-8-24-14/h3-9,11,20H,10H2,1-2H3. The average Bonchev–Trinajstić information content (AvgIpc) is 3.30. The van der Waals surface area contributed by atoms with Gasteiger partial charge < -0.3 is 13.6 Å². The Labute approximate surface area is 155 Å². The van der Waals surface area contributed by atoms with Crippen LogP contribution in [0.2, 0.25) is 0 Å². The number of carbonyl (C=O) groups excluding carboxylic acids is 1. The van der Waals surface area contributed by atoms with E-state index in [1.54, 1.807) is 26.0 Å². The van der Waals surface area contributed by atoms with Gasteiger partial charge >= 0.3 is 5.97 Å². The second-order valence-electron chi connectivity index (χ2n) is 5.86. The third-order valence-electron chi connectivity index (χ3n) is 3.30. The van der Waals surface area contributed by atoms with Gasteiger partial charge in [0.25, 0.3) is 11.8 Å². The summed E-state index contributed by atoms with van der Waals surface area (Å²) in [5.41, 5.74) is 0.0902. The number of hydrogen-bond acceptors (Lipinski definition) is 8. The highest BCUT2D eigenvalue weighted by Crippen LogP contribution is 2.18. The lowest BCUT2D eigenvalue weighted by atomic mass is 10.2. The lowest BCUT2D eigenvalue weighted by Crippen LogP contribution is -2.30. The topological polar surface area (TPSA) is 125 Å². The van der Waals surface area contributed by atoms with E-state index in [1.807, 2.05) is 0 Å². The first-order valence-electron chi connectivity index (χ1n) is 8.01. The number of ether oxygens (including phenoxy) is 1. The van der Waals surface area contributed by atoms with Gasteiger partial charge in [-0.3, -0.25) is 0 Å². The SMILES string of the molecule is CC(C)NS(=O)(=O)c1cccc(C(=O)OCc2nnc(-c3ccco3)o2)c1. The van der Waals surface area contributed by atoms with Crippen molar-refractivity contribution < 1.29 is 26.8 Å². The molecule has 0 saturated heterocycles. The molecule has 0 aliphatic rings. The second kappa shape index (κ2) is 7.72. The fourth-order valence-corrected chi connectivity index (χ4v) is 3.49. The van der Waals surface area contributed by atoms with Crippen molar-refractivity contribution in [3.63, 3.8) is 0 Å². The van der Waals surface area contributed by atoms with E-state index in [0.717, 1.165) is 0 Å². The molecule has 0 amide bonds. The lowest BCUT2D eigenvalue weighted by molar-refractivity contribution is 0.0438. The largest absolute Gasteiger partial charge is 0.459 e. The van der Waals surface area contributed by atoms with Crippen molar-refractivity contribution in [2.75, 3.05) is 0 Å². The number of esters is 1. The first kappa shape index (κ1) is 18.8. The maximum atomic E-state index is 12.2. The van der Waals surface area contributed by atoms with E-state index in [0.29, 0.717) is 5.76 Å². The molecule has 0 aliphatic carbocycles. The number of hydrogen-bond donors (Lipinski definition) is 1. The smallest absolute Gasteiger partial charge is 0.338 e. The van der Waals surface area contributed by atoms with Gasteiger partial charge in [0.05, 0.1) is 16.7 Å². The van der Waals surface area contributed by atoms with Gasteiger partial charge in [0.15, 0.2) is 12.4 Å². The third-order valence-corrected chi connectivity index (χ3v) is 4.95. The van der Waals surface area contributed by atoms with Crippen LogP contribution in [0.1, 0.15) is 30.1 Å². The van der Waals surface area contributed by atoms with Gasteiger partial charge in [-0.15, -0.1) is 10.2 Å². The molecule has 27 heavy (non-hydrogen) atoms. The van der Waals surface area contributed by atoms with Gasteiger partial charge in [0, 0.05) is 6.04 Å². The number of benzene rings is 1. The Morgan fingerprint density at radius 2 is 2.04 bits per heavy atom. The lowest BCUT2D eigenvalue weighted by Gasteiger charge is -2.10. The molecule has 9 nitrogen and oxygen atoms in total. The van der Waals surface area contributed by atoms with E-state index in [9.17, 15) is 13.2 Å². The average molecular weight is 391 g/mol. The number of carbonyl (C=O) groups is 1. The zero-order valence-corrected chi connectivity index (χ0v) is 15.4. The molecule has 0 spiro atoms. The van der Waals surface area contributed by atoms with Crippen molar-refractivity contribution in [3.05, 3.63) is 54.1 Å². The van der Waals surface area contributed by atoms with Crippen molar-refractivity contribution in [2.45, 2.75) is 31.4 Å². The normalized spacial score (nSPS) is 11.7. The van der Waals surface area contributed by atoms with Gasteiger partial charge in [-0.25, -0.2) is 17.9 Å². The number of furan rings is 1. The predicted octanol–water partition coefficient (Wildman–Crippen LogP) is 2.37. The Morgan fingerprint density at radius 3 is 2.74 bits per heavy atom.